The quantitative estimate of drug-likeness (QED) is 0.107. The summed E-state index contributed by atoms with van der Waals surface area (Å²) in [7, 11) is 0. The lowest BCUT2D eigenvalue weighted by Crippen LogP contribution is -2.06. The van der Waals surface area contributed by atoms with Crippen LogP contribution in [0.3, 0.4) is 0 Å². The van der Waals surface area contributed by atoms with Crippen molar-refractivity contribution in [1.29, 1.82) is 0 Å². The Morgan fingerprint density at radius 2 is 0.394 bits per heavy atom. The molecule has 0 aliphatic rings. The zero-order chi connectivity index (χ0) is 93.7. The van der Waals surface area contributed by atoms with Crippen molar-refractivity contribution in [2.75, 3.05) is 0 Å². The first kappa shape index (κ1) is 82.0. The number of aromatic nitrogens is 12. The topological polar surface area (TPSA) is 170 Å². The van der Waals surface area contributed by atoms with Crippen molar-refractivity contribution >= 4 is 142 Å². The molecule has 142 heavy (non-hydrogen) atoms. The Bertz CT molecular complexity index is 9900. The van der Waals surface area contributed by atoms with Gasteiger partial charge in [0.05, 0.1) is 38.8 Å². The molecular formula is C127H78N12O3. The van der Waals surface area contributed by atoms with Crippen LogP contribution in [0.4, 0.5) is 0 Å². The number of hydrogen-bond acceptors (Lipinski definition) is 12. The molecule has 29 rings (SSSR count). The monoisotopic (exact) mass is 1820 g/mol. The smallest absolute Gasteiger partial charge is 0.238 e. The van der Waals surface area contributed by atoms with Crippen molar-refractivity contribution in [2.45, 2.75) is 0 Å². The Morgan fingerprint density at radius 1 is 0.141 bits per heavy atom. The maximum absolute atomic E-state index is 6.37. The van der Waals surface area contributed by atoms with E-state index in [1.165, 1.54) is 32.7 Å². The van der Waals surface area contributed by atoms with Gasteiger partial charge < -0.3 is 22.4 Å². The minimum Gasteiger partial charge on any atom is -0.456 e. The van der Waals surface area contributed by atoms with E-state index in [-0.39, 0.29) is 0 Å². The summed E-state index contributed by atoms with van der Waals surface area (Å²) in [6, 6.07) is 163. The molecule has 15 nitrogen and oxygen atoms in total. The van der Waals surface area contributed by atoms with E-state index >= 15 is 0 Å². The van der Waals surface area contributed by atoms with Gasteiger partial charge >= 0.3 is 0 Å². The first-order valence-electron chi connectivity index (χ1n) is 47.4. The highest BCUT2D eigenvalue weighted by atomic mass is 16.3. The number of para-hydroxylation sites is 6. The zero-order valence-corrected chi connectivity index (χ0v) is 76.1. The second kappa shape index (κ2) is 34.4. The number of rotatable bonds is 13. The molecule has 0 amide bonds. The molecule has 20 aromatic carbocycles. The minimum atomic E-state index is 0.558. The summed E-state index contributed by atoms with van der Waals surface area (Å²) in [4.78, 5) is 45.1. The summed E-state index contributed by atoms with van der Waals surface area (Å²) in [5.41, 5.74) is 26.0. The Balaban J connectivity index is 0.000000107. The largest absolute Gasteiger partial charge is 0.456 e. The van der Waals surface area contributed by atoms with Crippen molar-refractivity contribution in [1.82, 2.24) is 58.6 Å². The molecule has 0 bridgehead atoms. The summed E-state index contributed by atoms with van der Waals surface area (Å²) in [6.07, 6.45) is 0. The first-order valence-corrected chi connectivity index (χ1v) is 47.4. The van der Waals surface area contributed by atoms with Crippen LogP contribution in [0, 0.1) is 0 Å². The van der Waals surface area contributed by atoms with Gasteiger partial charge in [-0.05, 0) is 119 Å². The van der Waals surface area contributed by atoms with Gasteiger partial charge in [-0.2, -0.15) is 9.97 Å². The van der Waals surface area contributed by atoms with E-state index in [4.69, 9.17) is 58.1 Å². The maximum Gasteiger partial charge on any atom is 0.238 e. The molecule has 0 fully saturated rings. The molecule has 29 aromatic rings. The Morgan fingerprint density at radius 3 is 0.768 bits per heavy atom. The van der Waals surface area contributed by atoms with Crippen LogP contribution in [0.5, 0.6) is 0 Å². The number of fused-ring (bicyclic) bond motifs is 19. The summed E-state index contributed by atoms with van der Waals surface area (Å²) < 4.78 is 25.8. The van der Waals surface area contributed by atoms with Gasteiger partial charge in [-0.3, -0.25) is 4.57 Å². The van der Waals surface area contributed by atoms with E-state index in [1.54, 1.807) is 0 Å². The fourth-order valence-electron chi connectivity index (χ4n) is 20.2. The van der Waals surface area contributed by atoms with Gasteiger partial charge in [0.15, 0.2) is 46.6 Å². The third-order valence-corrected chi connectivity index (χ3v) is 27.0. The fourth-order valence-corrected chi connectivity index (χ4v) is 20.2. The van der Waals surface area contributed by atoms with Crippen LogP contribution in [0.25, 0.3) is 273 Å². The van der Waals surface area contributed by atoms with Crippen molar-refractivity contribution in [3.63, 3.8) is 0 Å². The third-order valence-electron chi connectivity index (χ3n) is 27.0. The van der Waals surface area contributed by atoms with Crippen molar-refractivity contribution in [3.8, 4) is 131 Å². The number of furan rings is 3. The van der Waals surface area contributed by atoms with E-state index in [2.05, 4.69) is 317 Å². The van der Waals surface area contributed by atoms with Gasteiger partial charge in [-0.1, -0.05) is 364 Å². The van der Waals surface area contributed by atoms with Gasteiger partial charge in [-0.25, -0.2) is 34.9 Å². The lowest BCUT2D eigenvalue weighted by Gasteiger charge is -2.15. The average molecular weight is 1820 g/mol. The highest BCUT2D eigenvalue weighted by Crippen LogP contribution is 2.46. The summed E-state index contributed by atoms with van der Waals surface area (Å²) in [5, 5.41) is 15.9. The predicted octanol–water partition coefficient (Wildman–Crippen LogP) is 32.4. The fraction of sp³-hybridized carbons (Fsp3) is 0. The first-order chi connectivity index (χ1) is 70.4. The van der Waals surface area contributed by atoms with Crippen molar-refractivity contribution in [3.05, 3.63) is 473 Å². The van der Waals surface area contributed by atoms with E-state index < -0.39 is 0 Å². The van der Waals surface area contributed by atoms with E-state index in [1.807, 2.05) is 170 Å². The molecule has 9 heterocycles. The molecular weight excluding hydrogens is 1740 g/mol. The molecule has 664 valence electrons. The predicted molar refractivity (Wildman–Crippen MR) is 576 cm³/mol. The van der Waals surface area contributed by atoms with Crippen molar-refractivity contribution in [2.24, 2.45) is 0 Å². The SMILES string of the molecule is c1ccc(-c2ccc(-c3nc(-c4ccccc4)nc(-c4ccc(-n5c6ccccc6c6cc7c(cc65)oc5ccccc57)cc4)n3)cc2)cc1.c1ccc(-c2ccc(-c3nc(-c4ccccc4)nc(-n4c5ccccc5c5cc6c(cc54)oc4ccccc46)n3)cc2)cc1.c1ccc(-c2nc(-c3ccccc3)nc(-c3ccc(-n4c5ccccc5c5cc6c(cc54)oc4ccccc46)c4ccccc34)n2)cc1. The Labute approximate surface area is 812 Å². The molecule has 0 atom stereocenters. The van der Waals surface area contributed by atoms with Crippen LogP contribution in [-0.4, -0.2) is 58.6 Å². The number of hydrogen-bond donors (Lipinski definition) is 0. The molecule has 0 N–H and O–H groups in total. The molecule has 0 saturated heterocycles. The third kappa shape index (κ3) is 14.5. The molecule has 0 saturated carbocycles. The summed E-state index contributed by atoms with van der Waals surface area (Å²) >= 11 is 0. The summed E-state index contributed by atoms with van der Waals surface area (Å²) in [6.45, 7) is 0. The van der Waals surface area contributed by atoms with Crippen LogP contribution in [0.2, 0.25) is 0 Å². The molecule has 0 aliphatic heterocycles. The highest BCUT2D eigenvalue weighted by Gasteiger charge is 2.26. The second-order valence-electron chi connectivity index (χ2n) is 35.4. The van der Waals surface area contributed by atoms with Gasteiger partial charge in [0.25, 0.3) is 0 Å². The number of nitrogens with zero attached hydrogens (tertiary/aromatic N) is 12. The van der Waals surface area contributed by atoms with Gasteiger partial charge in [0.1, 0.15) is 33.5 Å². The van der Waals surface area contributed by atoms with Crippen LogP contribution in [-0.2, 0) is 0 Å². The Hall–Kier alpha value is -19.5. The molecule has 0 unspecified atom stereocenters. The van der Waals surface area contributed by atoms with E-state index in [0.717, 1.165) is 187 Å². The van der Waals surface area contributed by atoms with Crippen molar-refractivity contribution < 1.29 is 13.3 Å². The normalized spacial score (nSPS) is 11.7. The minimum absolute atomic E-state index is 0.558. The van der Waals surface area contributed by atoms with E-state index in [9.17, 15) is 0 Å². The molecule has 0 spiro atoms. The van der Waals surface area contributed by atoms with Crippen LogP contribution in [0.1, 0.15) is 0 Å². The van der Waals surface area contributed by atoms with Crippen LogP contribution in [0.15, 0.2) is 486 Å². The van der Waals surface area contributed by atoms with Gasteiger partial charge in [-0.15, -0.1) is 0 Å². The molecule has 0 aliphatic carbocycles. The second-order valence-corrected chi connectivity index (χ2v) is 35.4. The van der Waals surface area contributed by atoms with Crippen LogP contribution < -0.4 is 0 Å². The highest BCUT2D eigenvalue weighted by molar-refractivity contribution is 6.21. The molecule has 9 aromatic heterocycles. The number of benzene rings is 20. The molecule has 15 heteroatoms. The maximum atomic E-state index is 6.37. The van der Waals surface area contributed by atoms with Gasteiger partial charge in [0.2, 0.25) is 5.95 Å². The van der Waals surface area contributed by atoms with E-state index in [0.29, 0.717) is 52.5 Å². The Kier molecular flexibility index (Phi) is 19.9. The molecule has 0 radical (unpaired) electrons. The average Bonchev–Trinajstić information content (AvgIpc) is 1.60. The standard InChI is InChI=1S/C45H28N4O.C43H26N4O.C39H24N4O/c1-3-11-29(12-4-1)30-19-21-32(22-20-30)44-46-43(31-13-5-2-6-14-31)47-45(48-44)33-23-25-34(26-24-33)49-39-17-9-7-15-35(39)37-27-38-36-16-8-10-18-41(36)50-42(38)28-40(37)49;1-3-13-27(14-4-1)41-44-42(28-15-5-2-6-16-28)46-43(45-41)33-23-24-37(30-18-8-7-17-29(30)33)47-36-21-11-9-19-31(36)34-25-35-32-20-10-12-22-39(32)48-40(35)26-38(34)47;1-3-11-25(12-4-1)26-19-21-28(22-20-26)38-40-37(27-13-5-2-6-14-27)41-39(42-38)43-33-17-9-7-15-29(33)31-23-32-30-16-8-10-18-35(30)44-36(32)24-34(31)43/h1-28H;1-26H;1-24H. The van der Waals surface area contributed by atoms with Gasteiger partial charge in [0, 0.05) is 138 Å². The lowest BCUT2D eigenvalue weighted by molar-refractivity contribution is 0.669. The van der Waals surface area contributed by atoms with Crippen LogP contribution >= 0.6 is 0 Å². The lowest BCUT2D eigenvalue weighted by atomic mass is 10.0. The zero-order valence-electron chi connectivity index (χ0n) is 76.1. The summed E-state index contributed by atoms with van der Waals surface area (Å²) in [5.74, 6) is 5.61.